The zero-order valence-corrected chi connectivity index (χ0v) is 10.7. The second kappa shape index (κ2) is 5.85. The molecule has 2 aromatic heterocycles. The van der Waals surface area contributed by atoms with Crippen LogP contribution in [0.2, 0.25) is 0 Å². The summed E-state index contributed by atoms with van der Waals surface area (Å²) in [5, 5.41) is 15.2. The maximum atomic E-state index is 11.9. The van der Waals surface area contributed by atoms with E-state index < -0.39 is 5.91 Å². The van der Waals surface area contributed by atoms with E-state index in [0.29, 0.717) is 5.82 Å². The van der Waals surface area contributed by atoms with Crippen LogP contribution >= 0.6 is 0 Å². The molecule has 2 rings (SSSR count). The highest BCUT2D eigenvalue weighted by Gasteiger charge is 2.12. The van der Waals surface area contributed by atoms with Crippen molar-refractivity contribution in [3.63, 3.8) is 0 Å². The molecule has 100 valence electrons. The van der Waals surface area contributed by atoms with Gasteiger partial charge in [-0.3, -0.25) is 15.1 Å². The van der Waals surface area contributed by atoms with Crippen LogP contribution in [0.4, 0.5) is 11.8 Å². The monoisotopic (exact) mass is 262 g/mol. The Kier molecular flexibility index (Phi) is 3.96. The number of amides is 1. The number of H-pyrrole nitrogens is 1. The molecule has 0 unspecified atom stereocenters. The molecule has 0 spiro atoms. The lowest BCUT2D eigenvalue weighted by Gasteiger charge is -2.19. The summed E-state index contributed by atoms with van der Waals surface area (Å²) in [6.45, 7) is 5.61. The minimum absolute atomic E-state index is 0.167. The molecule has 0 aliphatic heterocycles. The van der Waals surface area contributed by atoms with Gasteiger partial charge in [0.1, 0.15) is 11.5 Å². The van der Waals surface area contributed by atoms with Crippen molar-refractivity contribution in [1.29, 1.82) is 0 Å². The summed E-state index contributed by atoms with van der Waals surface area (Å²) in [6, 6.07) is 0. The van der Waals surface area contributed by atoms with Crippen LogP contribution in [0.15, 0.2) is 12.4 Å². The van der Waals surface area contributed by atoms with Gasteiger partial charge < -0.3 is 4.90 Å². The van der Waals surface area contributed by atoms with Gasteiger partial charge in [0, 0.05) is 13.1 Å². The molecule has 0 radical (unpaired) electrons. The van der Waals surface area contributed by atoms with Gasteiger partial charge in [-0.1, -0.05) is 5.10 Å². The number of rotatable bonds is 5. The molecule has 19 heavy (non-hydrogen) atoms. The Morgan fingerprint density at radius 1 is 1.37 bits per heavy atom. The third-order valence-electron chi connectivity index (χ3n) is 2.52. The number of nitrogens with zero attached hydrogens (tertiary/aromatic N) is 6. The molecule has 9 nitrogen and oxygen atoms in total. The van der Waals surface area contributed by atoms with Crippen molar-refractivity contribution in [2.75, 3.05) is 23.3 Å². The Bertz CT molecular complexity index is 536. The molecule has 0 aromatic carbocycles. The lowest BCUT2D eigenvalue weighted by Crippen LogP contribution is -2.24. The normalized spacial score (nSPS) is 10.2. The molecule has 0 saturated heterocycles. The second-order valence-corrected chi connectivity index (χ2v) is 3.64. The van der Waals surface area contributed by atoms with E-state index in [2.05, 4.69) is 35.9 Å². The summed E-state index contributed by atoms with van der Waals surface area (Å²) in [6.07, 6.45) is 3.02. The van der Waals surface area contributed by atoms with Gasteiger partial charge in [-0.2, -0.15) is 0 Å². The standard InChI is InChI=1S/C10H14N8O/c1-3-18(4-2)8-6-11-5-7(12-8)9(19)13-10-14-16-17-15-10/h5-6H,3-4H2,1-2H3,(H2,13,14,15,16,17,19). The molecule has 9 heteroatoms. The molecule has 2 N–H and O–H groups in total. The van der Waals surface area contributed by atoms with Gasteiger partial charge in [0.2, 0.25) is 5.95 Å². The minimum atomic E-state index is -0.417. The lowest BCUT2D eigenvalue weighted by molar-refractivity contribution is 0.102. The molecule has 0 aliphatic carbocycles. The zero-order valence-electron chi connectivity index (χ0n) is 10.7. The van der Waals surface area contributed by atoms with Gasteiger partial charge in [-0.15, -0.1) is 0 Å². The Hall–Kier alpha value is -2.58. The van der Waals surface area contributed by atoms with Gasteiger partial charge in [0.05, 0.1) is 12.4 Å². The van der Waals surface area contributed by atoms with Crippen molar-refractivity contribution in [1.82, 2.24) is 30.6 Å². The van der Waals surface area contributed by atoms with Crippen LogP contribution in [0.1, 0.15) is 24.3 Å². The van der Waals surface area contributed by atoms with Crippen LogP contribution in [0.25, 0.3) is 0 Å². The first kappa shape index (κ1) is 12.9. The minimum Gasteiger partial charge on any atom is -0.356 e. The first-order chi connectivity index (χ1) is 9.24. The van der Waals surface area contributed by atoms with E-state index in [1.165, 1.54) is 6.20 Å². The summed E-state index contributed by atoms with van der Waals surface area (Å²) in [7, 11) is 0. The Morgan fingerprint density at radius 2 is 2.16 bits per heavy atom. The number of hydrogen-bond donors (Lipinski definition) is 2. The lowest BCUT2D eigenvalue weighted by atomic mass is 10.4. The molecule has 0 fully saturated rings. The third-order valence-corrected chi connectivity index (χ3v) is 2.52. The molecular formula is C10H14N8O. The predicted octanol–water partition coefficient (Wildman–Crippen LogP) is 0.0882. The average Bonchev–Trinajstić information content (AvgIpc) is 2.93. The second-order valence-electron chi connectivity index (χ2n) is 3.64. The Morgan fingerprint density at radius 3 is 2.79 bits per heavy atom. The fraction of sp³-hybridized carbons (Fsp3) is 0.400. The van der Waals surface area contributed by atoms with Crippen LogP contribution in [-0.2, 0) is 0 Å². The average molecular weight is 262 g/mol. The summed E-state index contributed by atoms with van der Waals surface area (Å²) in [5.41, 5.74) is 0.209. The van der Waals surface area contributed by atoms with Crippen molar-refractivity contribution < 1.29 is 4.79 Å². The van der Waals surface area contributed by atoms with Crippen LogP contribution < -0.4 is 10.2 Å². The third kappa shape index (κ3) is 3.00. The number of anilines is 2. The predicted molar refractivity (Wildman–Crippen MR) is 67.7 cm³/mol. The van der Waals surface area contributed by atoms with E-state index in [1.807, 2.05) is 18.7 Å². The summed E-state index contributed by atoms with van der Waals surface area (Å²) < 4.78 is 0. The van der Waals surface area contributed by atoms with Crippen LogP contribution in [-0.4, -0.2) is 49.6 Å². The van der Waals surface area contributed by atoms with Crippen molar-refractivity contribution >= 4 is 17.7 Å². The van der Waals surface area contributed by atoms with Crippen molar-refractivity contribution in [2.45, 2.75) is 13.8 Å². The maximum Gasteiger partial charge on any atom is 0.278 e. The van der Waals surface area contributed by atoms with Crippen molar-refractivity contribution in [2.24, 2.45) is 0 Å². The molecule has 2 aromatic rings. The smallest absolute Gasteiger partial charge is 0.278 e. The Labute approximate surface area is 109 Å². The van der Waals surface area contributed by atoms with Crippen LogP contribution in [0.5, 0.6) is 0 Å². The number of tetrazole rings is 1. The summed E-state index contributed by atoms with van der Waals surface area (Å²) >= 11 is 0. The van der Waals surface area contributed by atoms with Crippen molar-refractivity contribution in [3.05, 3.63) is 18.1 Å². The zero-order chi connectivity index (χ0) is 13.7. The molecule has 2 heterocycles. The number of aromatic amines is 1. The van der Waals surface area contributed by atoms with Gasteiger partial charge in [0.25, 0.3) is 5.91 Å². The largest absolute Gasteiger partial charge is 0.356 e. The fourth-order valence-electron chi connectivity index (χ4n) is 1.55. The highest BCUT2D eigenvalue weighted by molar-refractivity contribution is 6.01. The highest BCUT2D eigenvalue weighted by Crippen LogP contribution is 2.09. The maximum absolute atomic E-state index is 11.9. The van der Waals surface area contributed by atoms with Gasteiger partial charge in [-0.25, -0.2) is 10.1 Å². The number of hydrogen-bond acceptors (Lipinski definition) is 7. The van der Waals surface area contributed by atoms with E-state index in [-0.39, 0.29) is 11.6 Å². The number of nitrogens with one attached hydrogen (secondary N) is 2. The topological polar surface area (TPSA) is 113 Å². The summed E-state index contributed by atoms with van der Waals surface area (Å²) in [5.74, 6) is 0.411. The van der Waals surface area contributed by atoms with E-state index in [9.17, 15) is 4.79 Å². The SMILES string of the molecule is CCN(CC)c1cncc(C(=O)Nc2nnn[nH]2)n1. The fourth-order valence-corrected chi connectivity index (χ4v) is 1.55. The highest BCUT2D eigenvalue weighted by atomic mass is 16.2. The first-order valence-electron chi connectivity index (χ1n) is 5.86. The quantitative estimate of drug-likeness (QED) is 0.785. The first-order valence-corrected chi connectivity index (χ1v) is 5.86. The molecule has 0 aliphatic rings. The summed E-state index contributed by atoms with van der Waals surface area (Å²) in [4.78, 5) is 22.2. The molecule has 0 saturated carbocycles. The van der Waals surface area contributed by atoms with Gasteiger partial charge in [-0.05, 0) is 24.3 Å². The van der Waals surface area contributed by atoms with E-state index in [0.717, 1.165) is 13.1 Å². The number of aromatic nitrogens is 6. The molecular weight excluding hydrogens is 248 g/mol. The molecule has 0 atom stereocenters. The Balaban J connectivity index is 2.16. The van der Waals surface area contributed by atoms with E-state index in [1.54, 1.807) is 6.20 Å². The van der Waals surface area contributed by atoms with E-state index in [4.69, 9.17) is 0 Å². The van der Waals surface area contributed by atoms with Crippen LogP contribution in [0.3, 0.4) is 0 Å². The number of carbonyl (C=O) groups is 1. The molecule has 1 amide bonds. The van der Waals surface area contributed by atoms with Gasteiger partial charge in [0.15, 0.2) is 0 Å². The molecule has 0 bridgehead atoms. The van der Waals surface area contributed by atoms with Crippen molar-refractivity contribution in [3.8, 4) is 0 Å². The van der Waals surface area contributed by atoms with E-state index >= 15 is 0 Å². The van der Waals surface area contributed by atoms with Crippen LogP contribution in [0, 0.1) is 0 Å². The number of carbonyl (C=O) groups excluding carboxylic acids is 1. The van der Waals surface area contributed by atoms with Gasteiger partial charge >= 0.3 is 0 Å².